The Kier molecular flexibility index (Phi) is 5.70. The number of aromatic nitrogens is 2. The molecule has 31 heavy (non-hydrogen) atoms. The van der Waals surface area contributed by atoms with Crippen LogP contribution in [0, 0.1) is 18.7 Å². The molecule has 2 atom stereocenters. The topological polar surface area (TPSA) is 93.6 Å². The Balaban J connectivity index is 1.38. The third-order valence-electron chi connectivity index (χ3n) is 5.99. The Morgan fingerprint density at radius 2 is 1.97 bits per heavy atom. The fourth-order valence-corrected chi connectivity index (χ4v) is 4.29. The number of nitrogens with one attached hydrogen (secondary N) is 2. The lowest BCUT2D eigenvalue weighted by atomic mass is 9.98. The lowest BCUT2D eigenvalue weighted by Crippen LogP contribution is -2.57. The molecular weight excluding hydrogens is 399 g/mol. The average Bonchev–Trinajstić information content (AvgIpc) is 2.67. The fourth-order valence-electron chi connectivity index (χ4n) is 4.29. The molecule has 0 saturated carbocycles. The average molecular weight is 429 g/mol. The molecule has 1 aromatic carbocycles. The second kappa shape index (κ2) is 8.30. The fraction of sp³-hybridized carbons (Fsp3) is 0.500. The van der Waals surface area contributed by atoms with E-state index in [0.717, 1.165) is 22.8 Å². The van der Waals surface area contributed by atoms with Gasteiger partial charge in [-0.15, -0.1) is 0 Å². The highest BCUT2D eigenvalue weighted by Crippen LogP contribution is 2.35. The number of carbonyl (C=O) groups excluding carboxylic acids is 1. The van der Waals surface area contributed by atoms with E-state index < -0.39 is 6.23 Å². The summed E-state index contributed by atoms with van der Waals surface area (Å²) in [5.74, 6) is 1.21. The number of carbonyl (C=O) groups is 1. The Hall–Kier alpha value is -2.94. The van der Waals surface area contributed by atoms with Crippen LogP contribution in [0.15, 0.2) is 24.3 Å². The van der Waals surface area contributed by atoms with E-state index in [9.17, 15) is 14.3 Å². The zero-order valence-electron chi connectivity index (χ0n) is 18.3. The zero-order chi connectivity index (χ0) is 22.3. The van der Waals surface area contributed by atoms with Crippen LogP contribution in [0.3, 0.4) is 0 Å². The summed E-state index contributed by atoms with van der Waals surface area (Å²) in [5, 5.41) is 16.9. The predicted molar refractivity (Wildman–Crippen MR) is 118 cm³/mol. The molecule has 3 heterocycles. The SMILES string of the molecule is Cc1nc(NC2CN(C(=O)Cc3ccc(F)cc3)C2)nc2c1NC(O)[C@H](C(C)C)N2C. The maximum absolute atomic E-state index is 13.0. The summed E-state index contributed by atoms with van der Waals surface area (Å²) in [7, 11) is 1.93. The highest BCUT2D eigenvalue weighted by molar-refractivity contribution is 5.80. The summed E-state index contributed by atoms with van der Waals surface area (Å²) in [6.07, 6.45) is -0.428. The van der Waals surface area contributed by atoms with Gasteiger partial charge in [-0.1, -0.05) is 26.0 Å². The first-order valence-corrected chi connectivity index (χ1v) is 10.6. The number of hydrogen-bond donors (Lipinski definition) is 3. The van der Waals surface area contributed by atoms with Crippen molar-refractivity contribution in [3.05, 3.63) is 41.3 Å². The Morgan fingerprint density at radius 3 is 2.61 bits per heavy atom. The van der Waals surface area contributed by atoms with E-state index in [4.69, 9.17) is 0 Å². The number of aryl methyl sites for hydroxylation is 1. The number of aliphatic hydroxyl groups excluding tert-OH is 1. The minimum atomic E-state index is -0.689. The largest absolute Gasteiger partial charge is 0.372 e. The van der Waals surface area contributed by atoms with E-state index in [-0.39, 0.29) is 36.1 Å². The molecule has 1 aromatic heterocycles. The molecule has 1 saturated heterocycles. The lowest BCUT2D eigenvalue weighted by molar-refractivity contribution is -0.134. The summed E-state index contributed by atoms with van der Waals surface area (Å²) >= 11 is 0. The number of fused-ring (bicyclic) bond motifs is 1. The number of likely N-dealkylation sites (N-methyl/N-ethyl adjacent to an activating group) is 1. The van der Waals surface area contributed by atoms with Crippen molar-refractivity contribution in [2.75, 3.05) is 35.7 Å². The number of nitrogens with zero attached hydrogens (tertiary/aromatic N) is 4. The second-order valence-electron chi connectivity index (χ2n) is 8.71. The molecular formula is C22H29FN6O2. The molecule has 8 nitrogen and oxygen atoms in total. The van der Waals surface area contributed by atoms with Gasteiger partial charge in [-0.2, -0.15) is 4.98 Å². The third kappa shape index (κ3) is 4.27. The molecule has 0 aliphatic carbocycles. The van der Waals surface area contributed by atoms with E-state index in [1.165, 1.54) is 12.1 Å². The molecule has 0 spiro atoms. The minimum Gasteiger partial charge on any atom is -0.372 e. The van der Waals surface area contributed by atoms with Crippen molar-refractivity contribution >= 4 is 23.4 Å². The molecule has 2 aliphatic rings. The smallest absolute Gasteiger partial charge is 0.227 e. The zero-order valence-corrected chi connectivity index (χ0v) is 18.3. The highest BCUT2D eigenvalue weighted by atomic mass is 19.1. The second-order valence-corrected chi connectivity index (χ2v) is 8.71. The van der Waals surface area contributed by atoms with Gasteiger partial charge in [-0.25, -0.2) is 9.37 Å². The van der Waals surface area contributed by atoms with Gasteiger partial charge in [0.25, 0.3) is 0 Å². The predicted octanol–water partition coefficient (Wildman–Crippen LogP) is 1.99. The van der Waals surface area contributed by atoms with Crippen molar-refractivity contribution < 1.29 is 14.3 Å². The van der Waals surface area contributed by atoms with Gasteiger partial charge in [0.1, 0.15) is 17.7 Å². The van der Waals surface area contributed by atoms with E-state index in [1.54, 1.807) is 17.0 Å². The first-order chi connectivity index (χ1) is 14.7. The highest BCUT2D eigenvalue weighted by Gasteiger charge is 2.36. The van der Waals surface area contributed by atoms with E-state index >= 15 is 0 Å². The van der Waals surface area contributed by atoms with Crippen molar-refractivity contribution in [2.24, 2.45) is 5.92 Å². The van der Waals surface area contributed by atoms with Gasteiger partial charge in [-0.05, 0) is 30.5 Å². The maximum Gasteiger partial charge on any atom is 0.227 e. The van der Waals surface area contributed by atoms with E-state index in [0.29, 0.717) is 19.0 Å². The monoisotopic (exact) mass is 428 g/mol. The maximum atomic E-state index is 13.0. The van der Waals surface area contributed by atoms with Crippen molar-refractivity contribution in [1.82, 2.24) is 14.9 Å². The molecule has 2 aromatic rings. The summed E-state index contributed by atoms with van der Waals surface area (Å²) in [5.41, 5.74) is 2.29. The molecule has 2 aliphatic heterocycles. The van der Waals surface area contributed by atoms with Crippen LogP contribution in [0.5, 0.6) is 0 Å². The van der Waals surface area contributed by atoms with Gasteiger partial charge < -0.3 is 25.5 Å². The number of likely N-dealkylation sites (tertiary alicyclic amines) is 1. The summed E-state index contributed by atoms with van der Waals surface area (Å²) < 4.78 is 13.0. The van der Waals surface area contributed by atoms with Crippen molar-refractivity contribution in [3.8, 4) is 0 Å². The molecule has 1 amide bonds. The quantitative estimate of drug-likeness (QED) is 0.671. The third-order valence-corrected chi connectivity index (χ3v) is 5.99. The summed E-state index contributed by atoms with van der Waals surface area (Å²) in [6.45, 7) is 7.16. The summed E-state index contributed by atoms with van der Waals surface area (Å²) in [4.78, 5) is 25.4. The van der Waals surface area contributed by atoms with Crippen LogP contribution in [-0.4, -0.2) is 64.3 Å². The Morgan fingerprint density at radius 1 is 1.29 bits per heavy atom. The van der Waals surface area contributed by atoms with Gasteiger partial charge in [0.2, 0.25) is 11.9 Å². The molecule has 0 bridgehead atoms. The van der Waals surface area contributed by atoms with E-state index in [1.807, 2.05) is 18.9 Å². The van der Waals surface area contributed by atoms with Gasteiger partial charge in [0, 0.05) is 20.1 Å². The van der Waals surface area contributed by atoms with Crippen LogP contribution < -0.4 is 15.5 Å². The van der Waals surface area contributed by atoms with Gasteiger partial charge >= 0.3 is 0 Å². The lowest BCUT2D eigenvalue weighted by Gasteiger charge is -2.42. The number of amides is 1. The number of anilines is 3. The standard InChI is InChI=1S/C22H29FN6O2/c1-12(2)19-21(31)26-18-13(3)24-22(27-20(18)28(19)4)25-16-10-29(11-16)17(30)9-14-5-7-15(23)8-6-14/h5-8,12,16,19,21,26,31H,9-11H2,1-4H3,(H,24,25,27)/t19-,21?/m0/s1. The molecule has 0 radical (unpaired) electrons. The summed E-state index contributed by atoms with van der Waals surface area (Å²) in [6, 6.07) is 5.98. The molecule has 4 rings (SSSR count). The minimum absolute atomic E-state index is 0.0184. The Labute approximate surface area is 181 Å². The van der Waals surface area contributed by atoms with Crippen LogP contribution in [0.25, 0.3) is 0 Å². The van der Waals surface area contributed by atoms with Crippen molar-refractivity contribution in [1.29, 1.82) is 0 Å². The number of hydrogen-bond acceptors (Lipinski definition) is 7. The van der Waals surface area contributed by atoms with Crippen molar-refractivity contribution in [2.45, 2.75) is 45.5 Å². The van der Waals surface area contributed by atoms with Crippen LogP contribution in [0.1, 0.15) is 25.1 Å². The van der Waals surface area contributed by atoms with Crippen LogP contribution in [0.4, 0.5) is 21.8 Å². The first-order valence-electron chi connectivity index (χ1n) is 10.6. The number of halogens is 1. The van der Waals surface area contributed by atoms with Crippen molar-refractivity contribution in [3.63, 3.8) is 0 Å². The molecule has 9 heteroatoms. The van der Waals surface area contributed by atoms with Crippen LogP contribution >= 0.6 is 0 Å². The number of aliphatic hydroxyl groups is 1. The van der Waals surface area contributed by atoms with Gasteiger partial charge in [0.15, 0.2) is 5.82 Å². The Bertz CT molecular complexity index is 961. The van der Waals surface area contributed by atoms with Crippen LogP contribution in [-0.2, 0) is 11.2 Å². The van der Waals surface area contributed by atoms with Crippen LogP contribution in [0.2, 0.25) is 0 Å². The normalized spacial score (nSPS) is 20.9. The van der Waals surface area contributed by atoms with Gasteiger partial charge in [-0.3, -0.25) is 4.79 Å². The number of benzene rings is 1. The van der Waals surface area contributed by atoms with E-state index in [2.05, 4.69) is 34.4 Å². The first kappa shape index (κ1) is 21.3. The molecule has 1 fully saturated rings. The van der Waals surface area contributed by atoms with Gasteiger partial charge in [0.05, 0.1) is 24.2 Å². The molecule has 3 N–H and O–H groups in total. The number of rotatable bonds is 5. The molecule has 166 valence electrons. The molecule has 1 unspecified atom stereocenters.